The van der Waals surface area contributed by atoms with Crippen LogP contribution in [0.15, 0.2) is 321 Å². The average molecular weight is 1590 g/mol. The molecule has 6 heteroatoms. The molecule has 14 aromatic rings. The molecule has 102 heavy (non-hydrogen) atoms. The average Bonchev–Trinajstić information content (AvgIpc) is 0.730. The van der Waals surface area contributed by atoms with E-state index in [2.05, 4.69) is 391 Å². The molecule has 0 saturated heterocycles. The molecule has 14 rings (SSSR count). The van der Waals surface area contributed by atoms with Crippen molar-refractivity contribution in [1.29, 1.82) is 0 Å². The van der Waals surface area contributed by atoms with Gasteiger partial charge >= 0.3 is 0 Å². The van der Waals surface area contributed by atoms with Crippen LogP contribution in [0.2, 0.25) is 0 Å². The van der Waals surface area contributed by atoms with Gasteiger partial charge in [-0.3, -0.25) is 0 Å². The van der Waals surface area contributed by atoms with Crippen LogP contribution in [0.4, 0.5) is 34.1 Å². The van der Waals surface area contributed by atoms with Crippen molar-refractivity contribution in [1.82, 2.24) is 0 Å². The molecule has 0 aliphatic carbocycles. The van der Waals surface area contributed by atoms with E-state index < -0.39 is 0 Å². The zero-order chi connectivity index (χ0) is 69.7. The highest BCUT2D eigenvalue weighted by molar-refractivity contribution is 9.11. The molecule has 0 N–H and O–H groups in total. The van der Waals surface area contributed by atoms with Crippen molar-refractivity contribution in [2.45, 2.75) is 104 Å². The summed E-state index contributed by atoms with van der Waals surface area (Å²) in [6.07, 6.45) is 16.9. The fraction of sp³-hybridized carbons (Fsp3) is 0.167. The maximum Gasteiger partial charge on any atom is 0.0462 e. The number of benzene rings is 14. The van der Waals surface area contributed by atoms with Gasteiger partial charge in [0.15, 0.2) is 0 Å². The van der Waals surface area contributed by atoms with Crippen LogP contribution in [0.1, 0.15) is 102 Å². The van der Waals surface area contributed by atoms with Crippen LogP contribution in [-0.2, 0) is 12.8 Å². The lowest BCUT2D eigenvalue weighted by Gasteiger charge is -2.27. The first kappa shape index (κ1) is 70.2. The molecule has 0 aromatic heterocycles. The number of unbranched alkanes of at least 4 members (excludes halogenated alkanes) is 10. The molecule has 0 amide bonds. The van der Waals surface area contributed by atoms with E-state index in [-0.39, 0.29) is 0 Å². The van der Waals surface area contributed by atoms with Crippen LogP contribution in [-0.4, -0.2) is 0 Å². The maximum atomic E-state index is 3.64. The van der Waals surface area contributed by atoms with Crippen molar-refractivity contribution in [3.05, 3.63) is 332 Å². The minimum atomic E-state index is 1.00. The second kappa shape index (κ2) is 33.5. The van der Waals surface area contributed by atoms with Gasteiger partial charge in [0, 0.05) is 52.0 Å². The molecule has 14 aromatic carbocycles. The summed E-state index contributed by atoms with van der Waals surface area (Å²) in [5.74, 6) is 0. The quantitative estimate of drug-likeness (QED) is 0.0474. The van der Waals surface area contributed by atoms with Crippen LogP contribution in [0.25, 0.3) is 99.4 Å². The topological polar surface area (TPSA) is 6.48 Å². The molecule has 0 radical (unpaired) electrons. The predicted octanol–water partition coefficient (Wildman–Crippen LogP) is 31.5. The number of hydrogen-bond donors (Lipinski definition) is 0. The Morgan fingerprint density at radius 1 is 0.216 bits per heavy atom. The summed E-state index contributed by atoms with van der Waals surface area (Å²) in [4.78, 5) is 4.79. The Hall–Kier alpha value is -8.88. The van der Waals surface area contributed by atoms with Crippen LogP contribution in [0, 0.1) is 0 Å². The van der Waals surface area contributed by atoms with Crippen molar-refractivity contribution >= 4 is 119 Å². The number of anilines is 6. The van der Waals surface area contributed by atoms with Crippen LogP contribution in [0.5, 0.6) is 0 Å². The van der Waals surface area contributed by atoms with E-state index in [1.54, 1.807) is 0 Å². The van der Waals surface area contributed by atoms with Crippen molar-refractivity contribution < 1.29 is 0 Å². The molecule has 0 heterocycles. The molecule has 0 saturated carbocycles. The molecule has 0 aliphatic rings. The van der Waals surface area contributed by atoms with Crippen molar-refractivity contribution in [2.24, 2.45) is 0 Å². The lowest BCUT2D eigenvalue weighted by Crippen LogP contribution is -2.09. The van der Waals surface area contributed by atoms with Crippen molar-refractivity contribution in [2.75, 3.05) is 9.80 Å². The Morgan fingerprint density at radius 3 is 0.667 bits per heavy atom. The third-order valence-electron chi connectivity index (χ3n) is 20.2. The second-order valence-electron chi connectivity index (χ2n) is 27.0. The Balaban J connectivity index is 0.867. The summed E-state index contributed by atoms with van der Waals surface area (Å²) < 4.78 is 4.29. The van der Waals surface area contributed by atoms with Gasteiger partial charge in [-0.05, 0) is 270 Å². The summed E-state index contributed by atoms with van der Waals surface area (Å²) in [6.45, 7) is 4.64. The molecule has 506 valence electrons. The van der Waals surface area contributed by atoms with Gasteiger partial charge in [0.1, 0.15) is 0 Å². The van der Waals surface area contributed by atoms with Gasteiger partial charge in [-0.1, -0.05) is 312 Å². The van der Waals surface area contributed by atoms with Gasteiger partial charge in [-0.25, -0.2) is 0 Å². The fourth-order valence-electron chi connectivity index (χ4n) is 14.8. The molecular formula is C96H84Br4N2. The zero-order valence-electron chi connectivity index (χ0n) is 58.2. The number of rotatable bonds is 27. The predicted molar refractivity (Wildman–Crippen MR) is 454 cm³/mol. The summed E-state index contributed by atoms with van der Waals surface area (Å²) in [6, 6.07) is 113. The third-order valence-corrected chi connectivity index (χ3v) is 22.3. The molecule has 0 atom stereocenters. The number of halogens is 4. The largest absolute Gasteiger partial charge is 0.311 e. The summed E-state index contributed by atoms with van der Waals surface area (Å²) in [7, 11) is 0. The molecule has 0 aliphatic heterocycles. The zero-order valence-corrected chi connectivity index (χ0v) is 64.5. The third kappa shape index (κ3) is 16.3. The Labute approximate surface area is 637 Å². The smallest absolute Gasteiger partial charge is 0.0462 e. The van der Waals surface area contributed by atoms with E-state index in [4.69, 9.17) is 0 Å². The highest BCUT2D eigenvalue weighted by Gasteiger charge is 2.24. The minimum Gasteiger partial charge on any atom is -0.311 e. The van der Waals surface area contributed by atoms with Crippen molar-refractivity contribution in [3.63, 3.8) is 0 Å². The molecule has 0 unspecified atom stereocenters. The van der Waals surface area contributed by atoms with Gasteiger partial charge < -0.3 is 9.80 Å². The monoisotopic (exact) mass is 1580 g/mol. The Bertz CT molecular complexity index is 4590. The van der Waals surface area contributed by atoms with E-state index in [0.29, 0.717) is 0 Å². The fourth-order valence-corrected chi connectivity index (χ4v) is 15.8. The van der Waals surface area contributed by atoms with Crippen LogP contribution < -0.4 is 9.80 Å². The van der Waals surface area contributed by atoms with Gasteiger partial charge in [0.05, 0.1) is 0 Å². The highest BCUT2D eigenvalue weighted by Crippen LogP contribution is 2.48. The summed E-state index contributed by atoms with van der Waals surface area (Å²) in [5.41, 5.74) is 26.7. The normalized spacial score (nSPS) is 11.4. The van der Waals surface area contributed by atoms with E-state index in [1.807, 2.05) is 0 Å². The first-order valence-corrected chi connectivity index (χ1v) is 39.7. The van der Waals surface area contributed by atoms with Crippen LogP contribution >= 0.6 is 63.7 Å². The molecule has 0 spiro atoms. The standard InChI is InChI=1S/C96H84Br4N2/c1-3-5-7-9-11-13-19-77-65-93(75-41-61-87(62-42-75)101(83-53-33-71(34-54-83)67-25-45-79(97)46-26-67)84-55-35-72(36-56-84)68-27-47-80(98)48-28-68)89-21-15-17-23-91(89)95(77)96-78(20-14-12-10-8-6-4-2)66-94(90-22-16-18-24-92(90)96)76-43-63-88(64-44-76)102(85-57-37-73(38-58-85)69-29-49-81(99)50-30-69)86-59-39-74(40-60-86)70-31-51-82(100)52-32-70/h15-18,21-66H,3-14,19-20H2,1-2H3. The minimum absolute atomic E-state index is 1.00. The molecular weight excluding hydrogens is 1500 g/mol. The van der Waals surface area contributed by atoms with Gasteiger partial charge in [-0.15, -0.1) is 0 Å². The Kier molecular flexibility index (Phi) is 23.0. The second-order valence-corrected chi connectivity index (χ2v) is 30.7. The molecule has 2 nitrogen and oxygen atoms in total. The van der Waals surface area contributed by atoms with Gasteiger partial charge in [0.25, 0.3) is 0 Å². The number of aryl methyl sites for hydroxylation is 2. The lowest BCUT2D eigenvalue weighted by atomic mass is 9.80. The lowest BCUT2D eigenvalue weighted by molar-refractivity contribution is 0.607. The van der Waals surface area contributed by atoms with Crippen molar-refractivity contribution in [3.8, 4) is 77.9 Å². The van der Waals surface area contributed by atoms with E-state index >= 15 is 0 Å². The highest BCUT2D eigenvalue weighted by atomic mass is 79.9. The number of fused-ring (bicyclic) bond motifs is 2. The van der Waals surface area contributed by atoms with E-state index in [1.165, 1.54) is 175 Å². The first-order chi connectivity index (χ1) is 50.1. The Morgan fingerprint density at radius 2 is 0.422 bits per heavy atom. The van der Waals surface area contributed by atoms with Gasteiger partial charge in [-0.2, -0.15) is 0 Å². The maximum absolute atomic E-state index is 3.64. The van der Waals surface area contributed by atoms with E-state index in [9.17, 15) is 0 Å². The summed E-state index contributed by atoms with van der Waals surface area (Å²) >= 11 is 14.6. The summed E-state index contributed by atoms with van der Waals surface area (Å²) in [5, 5.41) is 5.19. The SMILES string of the molecule is CCCCCCCCc1cc(-c2ccc(N(c3ccc(-c4ccc(Br)cc4)cc3)c3ccc(-c4ccc(Br)cc4)cc3)cc2)c2ccccc2c1-c1c(CCCCCCCC)cc(-c2ccc(N(c3ccc(-c4ccc(Br)cc4)cc3)c3ccc(-c4ccc(Br)cc4)cc3)cc2)c2ccccc12. The first-order valence-electron chi connectivity index (χ1n) is 36.5. The van der Waals surface area contributed by atoms with Gasteiger partial charge in [0.2, 0.25) is 0 Å². The van der Waals surface area contributed by atoms with Crippen LogP contribution in [0.3, 0.4) is 0 Å². The molecule has 0 fully saturated rings. The van der Waals surface area contributed by atoms with E-state index in [0.717, 1.165) is 77.7 Å². The number of hydrogen-bond acceptors (Lipinski definition) is 2. The molecule has 0 bridgehead atoms. The number of nitrogens with zero attached hydrogens (tertiary/aromatic N) is 2.